The quantitative estimate of drug-likeness (QED) is 0.805. The summed E-state index contributed by atoms with van der Waals surface area (Å²) < 4.78 is 25.4. The molecule has 98 valence electrons. The van der Waals surface area contributed by atoms with Crippen molar-refractivity contribution in [2.45, 2.75) is 12.0 Å². The van der Waals surface area contributed by atoms with E-state index in [2.05, 4.69) is 0 Å². The van der Waals surface area contributed by atoms with Gasteiger partial charge in [-0.3, -0.25) is 4.84 Å². The van der Waals surface area contributed by atoms with E-state index in [0.717, 1.165) is 15.6 Å². The fourth-order valence-electron chi connectivity index (χ4n) is 1.93. The molecule has 0 radical (unpaired) electrons. The molecule has 0 spiro atoms. The molecule has 4 nitrogen and oxygen atoms in total. The largest absolute Gasteiger partial charge is 0.254 e. The van der Waals surface area contributed by atoms with Crippen LogP contribution in [0.1, 0.15) is 17.4 Å². The number of sulfonamides is 1. The summed E-state index contributed by atoms with van der Waals surface area (Å²) >= 11 is 0. The van der Waals surface area contributed by atoms with Gasteiger partial charge in [-0.2, -0.15) is 0 Å². The minimum absolute atomic E-state index is 0.0445. The smallest absolute Gasteiger partial charge is 0.243 e. The Morgan fingerprint density at radius 3 is 2.16 bits per heavy atom. The van der Waals surface area contributed by atoms with Crippen LogP contribution in [0.15, 0.2) is 60.7 Å². The Kier molecular flexibility index (Phi) is 3.10. The minimum atomic E-state index is -3.43. The van der Waals surface area contributed by atoms with E-state index in [1.54, 1.807) is 12.1 Å². The summed E-state index contributed by atoms with van der Waals surface area (Å²) in [4.78, 5) is 5.19. The van der Waals surface area contributed by atoms with Crippen LogP contribution in [-0.2, 0) is 20.6 Å². The van der Waals surface area contributed by atoms with Gasteiger partial charge in [0, 0.05) is 5.56 Å². The number of nitrogens with zero attached hydrogens (tertiary/aromatic N) is 1. The van der Waals surface area contributed by atoms with Crippen molar-refractivity contribution in [1.82, 2.24) is 4.47 Å². The maximum Gasteiger partial charge on any atom is 0.243 e. The molecule has 1 saturated heterocycles. The van der Waals surface area contributed by atoms with Crippen molar-refractivity contribution in [2.24, 2.45) is 0 Å². The van der Waals surface area contributed by atoms with Crippen molar-refractivity contribution in [3.05, 3.63) is 71.8 Å². The van der Waals surface area contributed by atoms with E-state index in [9.17, 15) is 8.42 Å². The van der Waals surface area contributed by atoms with E-state index >= 15 is 0 Å². The molecule has 3 rings (SSSR count). The van der Waals surface area contributed by atoms with E-state index in [4.69, 9.17) is 4.84 Å². The Morgan fingerprint density at radius 2 is 1.53 bits per heavy atom. The highest BCUT2D eigenvalue weighted by molar-refractivity contribution is 7.88. The summed E-state index contributed by atoms with van der Waals surface area (Å²) in [5, 5.41) is 0. The number of hydrogen-bond donors (Lipinski definition) is 0. The lowest BCUT2D eigenvalue weighted by atomic mass is 10.2. The van der Waals surface area contributed by atoms with Gasteiger partial charge >= 0.3 is 0 Å². The molecule has 2 atom stereocenters. The molecule has 1 heterocycles. The molecule has 5 heteroatoms. The van der Waals surface area contributed by atoms with Crippen molar-refractivity contribution in [3.63, 3.8) is 0 Å². The number of hydrogen-bond acceptors (Lipinski definition) is 3. The van der Waals surface area contributed by atoms with E-state index in [1.807, 2.05) is 48.5 Å². The summed E-state index contributed by atoms with van der Waals surface area (Å²) in [5.74, 6) is -0.0445. The third-order valence-electron chi connectivity index (χ3n) is 2.90. The molecule has 1 fully saturated rings. The molecular formula is C14H13NO3S. The van der Waals surface area contributed by atoms with Crippen LogP contribution in [0.4, 0.5) is 0 Å². The SMILES string of the molecule is O=S(=O)(Cc1ccccc1)N1OC1c1ccccc1. The average molecular weight is 275 g/mol. The van der Waals surface area contributed by atoms with Gasteiger partial charge < -0.3 is 0 Å². The first-order valence-corrected chi connectivity index (χ1v) is 7.55. The van der Waals surface area contributed by atoms with Crippen LogP contribution < -0.4 is 0 Å². The van der Waals surface area contributed by atoms with E-state index < -0.39 is 16.3 Å². The first-order chi connectivity index (χ1) is 9.17. The molecule has 1 aliphatic heterocycles. The molecule has 0 aromatic heterocycles. The lowest BCUT2D eigenvalue weighted by molar-refractivity contribution is 0.283. The van der Waals surface area contributed by atoms with Crippen LogP contribution >= 0.6 is 0 Å². The number of benzene rings is 2. The summed E-state index contributed by atoms with van der Waals surface area (Å²) in [6, 6.07) is 18.4. The predicted octanol–water partition coefficient (Wildman–Crippen LogP) is 2.46. The van der Waals surface area contributed by atoms with Gasteiger partial charge in [-0.05, 0) is 10.0 Å². The van der Waals surface area contributed by atoms with E-state index in [1.165, 1.54) is 0 Å². The van der Waals surface area contributed by atoms with Crippen molar-refractivity contribution in [2.75, 3.05) is 0 Å². The van der Waals surface area contributed by atoms with Gasteiger partial charge in [0.2, 0.25) is 10.0 Å². The lowest BCUT2D eigenvalue weighted by Gasteiger charge is -2.02. The first kappa shape index (κ1) is 12.3. The topological polar surface area (TPSA) is 49.7 Å². The van der Waals surface area contributed by atoms with Gasteiger partial charge in [-0.1, -0.05) is 60.7 Å². The monoisotopic (exact) mass is 275 g/mol. The fourth-order valence-corrected chi connectivity index (χ4v) is 3.30. The van der Waals surface area contributed by atoms with Crippen molar-refractivity contribution < 1.29 is 13.3 Å². The number of hydroxylamine groups is 1. The average Bonchev–Trinajstić information content (AvgIpc) is 3.21. The molecule has 19 heavy (non-hydrogen) atoms. The molecule has 0 bridgehead atoms. The Hall–Kier alpha value is -1.69. The molecule has 0 aliphatic carbocycles. The van der Waals surface area contributed by atoms with Gasteiger partial charge in [0.15, 0.2) is 6.23 Å². The van der Waals surface area contributed by atoms with Gasteiger partial charge in [0.1, 0.15) is 0 Å². The molecule has 2 unspecified atom stereocenters. The second-order valence-corrected chi connectivity index (χ2v) is 6.18. The Balaban J connectivity index is 1.74. The second kappa shape index (κ2) is 4.77. The molecule has 0 saturated carbocycles. The number of rotatable bonds is 4. The zero-order chi connectivity index (χ0) is 13.3. The van der Waals surface area contributed by atoms with Crippen LogP contribution in [0.3, 0.4) is 0 Å². The third-order valence-corrected chi connectivity index (χ3v) is 4.42. The van der Waals surface area contributed by atoms with Crippen LogP contribution in [0.5, 0.6) is 0 Å². The standard InChI is InChI=1S/C14H13NO3S/c16-19(17,11-12-7-3-1-4-8-12)15-14(18-15)13-9-5-2-6-10-13/h1-10,14H,11H2. The van der Waals surface area contributed by atoms with Crippen molar-refractivity contribution >= 4 is 10.0 Å². The molecule has 1 aliphatic rings. The summed E-state index contributed by atoms with van der Waals surface area (Å²) in [7, 11) is -3.43. The molecule has 0 amide bonds. The fraction of sp³-hybridized carbons (Fsp3) is 0.143. The van der Waals surface area contributed by atoms with Gasteiger partial charge in [0.05, 0.1) is 5.75 Å². The second-order valence-electron chi connectivity index (χ2n) is 4.37. The van der Waals surface area contributed by atoms with E-state index in [-0.39, 0.29) is 5.75 Å². The predicted molar refractivity (Wildman–Crippen MR) is 71.2 cm³/mol. The highest BCUT2D eigenvalue weighted by atomic mass is 32.2. The van der Waals surface area contributed by atoms with Gasteiger partial charge in [0.25, 0.3) is 0 Å². The summed E-state index contributed by atoms with van der Waals surface area (Å²) in [5.41, 5.74) is 1.60. The zero-order valence-corrected chi connectivity index (χ0v) is 11.0. The van der Waals surface area contributed by atoms with Gasteiger partial charge in [-0.15, -0.1) is 0 Å². The maximum absolute atomic E-state index is 12.1. The first-order valence-electron chi connectivity index (χ1n) is 5.94. The van der Waals surface area contributed by atoms with Crippen molar-refractivity contribution in [3.8, 4) is 0 Å². The summed E-state index contributed by atoms with van der Waals surface area (Å²) in [6.07, 6.45) is -0.477. The minimum Gasteiger partial charge on any atom is -0.254 e. The molecule has 0 N–H and O–H groups in total. The summed E-state index contributed by atoms with van der Waals surface area (Å²) in [6.45, 7) is 0. The molecule has 2 aromatic carbocycles. The Labute approximate surface area is 112 Å². The van der Waals surface area contributed by atoms with Crippen LogP contribution in [0, 0.1) is 0 Å². The Bertz CT molecular complexity index is 656. The lowest BCUT2D eigenvalue weighted by Crippen LogP contribution is -2.14. The van der Waals surface area contributed by atoms with E-state index in [0.29, 0.717) is 0 Å². The zero-order valence-electron chi connectivity index (χ0n) is 10.1. The Morgan fingerprint density at radius 1 is 0.947 bits per heavy atom. The maximum atomic E-state index is 12.1. The molecule has 2 aromatic rings. The van der Waals surface area contributed by atoms with Crippen LogP contribution in [-0.4, -0.2) is 12.9 Å². The normalized spacial score (nSPS) is 22.1. The van der Waals surface area contributed by atoms with Gasteiger partial charge in [-0.25, -0.2) is 8.42 Å². The van der Waals surface area contributed by atoms with Crippen LogP contribution in [0.25, 0.3) is 0 Å². The third kappa shape index (κ3) is 2.68. The highest BCUT2D eigenvalue weighted by Crippen LogP contribution is 2.40. The molecular weight excluding hydrogens is 262 g/mol. The van der Waals surface area contributed by atoms with Crippen LogP contribution in [0.2, 0.25) is 0 Å². The van der Waals surface area contributed by atoms with Crippen molar-refractivity contribution in [1.29, 1.82) is 0 Å². The highest BCUT2D eigenvalue weighted by Gasteiger charge is 2.47.